The van der Waals surface area contributed by atoms with Crippen molar-refractivity contribution in [2.45, 2.75) is 45.7 Å². The van der Waals surface area contributed by atoms with E-state index in [0.29, 0.717) is 30.8 Å². The molecule has 1 aliphatic carbocycles. The van der Waals surface area contributed by atoms with Gasteiger partial charge >= 0.3 is 0 Å². The summed E-state index contributed by atoms with van der Waals surface area (Å²) in [6.07, 6.45) is 5.44. The highest BCUT2D eigenvalue weighted by atomic mass is 32.1. The van der Waals surface area contributed by atoms with Gasteiger partial charge in [-0.3, -0.25) is 19.3 Å². The molecule has 7 nitrogen and oxygen atoms in total. The Morgan fingerprint density at radius 3 is 2.50 bits per heavy atom. The smallest absolute Gasteiger partial charge is 0.243 e. The normalized spacial score (nSPS) is 20.9. The van der Waals surface area contributed by atoms with E-state index in [1.807, 2.05) is 62.4 Å². The van der Waals surface area contributed by atoms with Crippen LogP contribution < -0.4 is 5.32 Å². The van der Waals surface area contributed by atoms with Crippen molar-refractivity contribution < 1.29 is 18.8 Å². The molecule has 3 amide bonds. The number of imide groups is 1. The van der Waals surface area contributed by atoms with E-state index in [1.165, 1.54) is 4.90 Å². The van der Waals surface area contributed by atoms with E-state index in [-0.39, 0.29) is 42.0 Å². The number of aromatic nitrogens is 1. The maximum atomic E-state index is 13.2. The highest BCUT2D eigenvalue weighted by molar-refractivity contribution is 7.21. The minimum atomic E-state index is -0.815. The Labute approximate surface area is 201 Å². The molecule has 1 aliphatic heterocycles. The molecule has 0 radical (unpaired) electrons. The molecule has 0 bridgehead atoms. The number of thiazole rings is 1. The predicted octanol–water partition coefficient (Wildman–Crippen LogP) is 4.54. The second-order valence-corrected chi connectivity index (χ2v) is 10.3. The number of carbonyl (C=O) groups excluding carboxylic acids is 3. The number of rotatable bonds is 7. The van der Waals surface area contributed by atoms with Crippen LogP contribution in [0, 0.1) is 17.8 Å². The number of furan rings is 1. The van der Waals surface area contributed by atoms with Crippen molar-refractivity contribution in [3.05, 3.63) is 54.3 Å². The molecule has 0 saturated carbocycles. The zero-order valence-electron chi connectivity index (χ0n) is 19.2. The first kappa shape index (κ1) is 22.5. The quantitative estimate of drug-likeness (QED) is 0.398. The lowest BCUT2D eigenvalue weighted by atomic mass is 9.85. The third-order valence-electron chi connectivity index (χ3n) is 6.45. The van der Waals surface area contributed by atoms with Crippen molar-refractivity contribution in [2.24, 2.45) is 17.8 Å². The summed E-state index contributed by atoms with van der Waals surface area (Å²) < 4.78 is 7.01. The summed E-state index contributed by atoms with van der Waals surface area (Å²) in [7, 11) is 0. The first-order valence-corrected chi connectivity index (χ1v) is 12.5. The molecule has 34 heavy (non-hydrogen) atoms. The van der Waals surface area contributed by atoms with Gasteiger partial charge in [-0.1, -0.05) is 38.1 Å². The van der Waals surface area contributed by atoms with Crippen LogP contribution in [0.25, 0.3) is 21.0 Å². The van der Waals surface area contributed by atoms with Gasteiger partial charge in [-0.05, 0) is 49.4 Å². The van der Waals surface area contributed by atoms with E-state index in [9.17, 15) is 14.4 Å². The van der Waals surface area contributed by atoms with Gasteiger partial charge in [0.05, 0.1) is 28.6 Å². The van der Waals surface area contributed by atoms with Crippen LogP contribution in [0.2, 0.25) is 0 Å². The molecular formula is C26H27N3O4S. The number of fused-ring (bicyclic) bond motifs is 2. The standard InChI is InChI=1S/C26H27N3O4S/c1-15(2)13-20(29-25(31)17-7-3-4-8-18(17)26(29)32)23(30)27-14-16-11-12-21(33-16)24-28-19-9-5-6-10-22(19)34-24/h3-6,9-12,15,17-18,20H,7-8,13-14H2,1-2H3,(H,27,30). The van der Waals surface area contributed by atoms with Crippen LogP contribution in [-0.2, 0) is 20.9 Å². The Hall–Kier alpha value is -3.26. The maximum absolute atomic E-state index is 13.2. The maximum Gasteiger partial charge on any atom is 0.243 e. The molecule has 0 spiro atoms. The minimum Gasteiger partial charge on any atom is -0.457 e. The number of hydrogen-bond acceptors (Lipinski definition) is 6. The van der Waals surface area contributed by atoms with Gasteiger partial charge in [0.15, 0.2) is 10.8 Å². The fourth-order valence-electron chi connectivity index (χ4n) is 4.77. The third kappa shape index (κ3) is 4.18. The van der Waals surface area contributed by atoms with Crippen molar-refractivity contribution in [1.29, 1.82) is 0 Å². The number of para-hydroxylation sites is 1. The number of nitrogens with zero attached hydrogens (tertiary/aromatic N) is 2. The van der Waals surface area contributed by atoms with Gasteiger partial charge in [-0.2, -0.15) is 0 Å². The summed E-state index contributed by atoms with van der Waals surface area (Å²) in [5.41, 5.74) is 0.918. The Kier molecular flexibility index (Phi) is 6.08. The van der Waals surface area contributed by atoms with Gasteiger partial charge < -0.3 is 9.73 Å². The van der Waals surface area contributed by atoms with Crippen molar-refractivity contribution in [2.75, 3.05) is 0 Å². The Balaban J connectivity index is 1.29. The number of allylic oxidation sites excluding steroid dienone is 2. The van der Waals surface area contributed by atoms with Crippen molar-refractivity contribution in [1.82, 2.24) is 15.2 Å². The van der Waals surface area contributed by atoms with E-state index < -0.39 is 6.04 Å². The fraction of sp³-hybridized carbons (Fsp3) is 0.385. The molecule has 2 aromatic heterocycles. The molecule has 3 atom stereocenters. The summed E-state index contributed by atoms with van der Waals surface area (Å²) >= 11 is 1.55. The molecule has 176 valence electrons. The summed E-state index contributed by atoms with van der Waals surface area (Å²) in [5.74, 6) is -0.102. The number of likely N-dealkylation sites (tertiary alicyclic amines) is 1. The van der Waals surface area contributed by atoms with E-state index in [0.717, 1.165) is 15.2 Å². The zero-order valence-corrected chi connectivity index (χ0v) is 20.0. The van der Waals surface area contributed by atoms with Gasteiger partial charge in [0.25, 0.3) is 0 Å². The van der Waals surface area contributed by atoms with Gasteiger partial charge in [0.2, 0.25) is 17.7 Å². The minimum absolute atomic E-state index is 0.145. The lowest BCUT2D eigenvalue weighted by Gasteiger charge is -2.27. The molecule has 2 aliphatic rings. The molecule has 8 heteroatoms. The van der Waals surface area contributed by atoms with Crippen LogP contribution in [0.1, 0.15) is 38.9 Å². The number of hydrogen-bond donors (Lipinski definition) is 1. The molecule has 1 N–H and O–H groups in total. The molecule has 1 aromatic carbocycles. The molecule has 3 heterocycles. The number of nitrogens with one attached hydrogen (secondary N) is 1. The molecule has 3 unspecified atom stereocenters. The van der Waals surface area contributed by atoms with Crippen LogP contribution in [0.3, 0.4) is 0 Å². The Morgan fingerprint density at radius 2 is 1.82 bits per heavy atom. The molecule has 3 aromatic rings. The van der Waals surface area contributed by atoms with Gasteiger partial charge in [0, 0.05) is 0 Å². The third-order valence-corrected chi connectivity index (χ3v) is 7.50. The predicted molar refractivity (Wildman–Crippen MR) is 130 cm³/mol. The van der Waals surface area contributed by atoms with Crippen LogP contribution in [0.4, 0.5) is 0 Å². The van der Waals surface area contributed by atoms with E-state index >= 15 is 0 Å². The van der Waals surface area contributed by atoms with Crippen molar-refractivity contribution in [3.8, 4) is 10.8 Å². The van der Waals surface area contributed by atoms with Crippen LogP contribution >= 0.6 is 11.3 Å². The Bertz CT molecular complexity index is 1210. The average molecular weight is 478 g/mol. The van der Waals surface area contributed by atoms with Gasteiger partial charge in [-0.15, -0.1) is 11.3 Å². The lowest BCUT2D eigenvalue weighted by Crippen LogP contribution is -2.50. The number of amides is 3. The molecule has 1 fully saturated rings. The summed E-state index contributed by atoms with van der Waals surface area (Å²) in [4.78, 5) is 45.1. The van der Waals surface area contributed by atoms with Crippen LogP contribution in [0.5, 0.6) is 0 Å². The van der Waals surface area contributed by atoms with Crippen LogP contribution in [0.15, 0.2) is 53.0 Å². The molecule has 1 saturated heterocycles. The lowest BCUT2D eigenvalue weighted by molar-refractivity contribution is -0.148. The van der Waals surface area contributed by atoms with E-state index in [2.05, 4.69) is 10.3 Å². The highest BCUT2D eigenvalue weighted by Crippen LogP contribution is 2.37. The Morgan fingerprint density at radius 1 is 1.12 bits per heavy atom. The first-order chi connectivity index (χ1) is 16.4. The zero-order chi connectivity index (χ0) is 23.8. The van der Waals surface area contributed by atoms with Crippen molar-refractivity contribution >= 4 is 39.3 Å². The largest absolute Gasteiger partial charge is 0.457 e. The van der Waals surface area contributed by atoms with Gasteiger partial charge in [0.1, 0.15) is 11.8 Å². The second kappa shape index (κ2) is 9.18. The second-order valence-electron chi connectivity index (χ2n) is 9.32. The first-order valence-electron chi connectivity index (χ1n) is 11.7. The summed E-state index contributed by atoms with van der Waals surface area (Å²) in [6, 6.07) is 10.7. The van der Waals surface area contributed by atoms with E-state index in [4.69, 9.17) is 4.42 Å². The topological polar surface area (TPSA) is 92.5 Å². The van der Waals surface area contributed by atoms with Crippen LogP contribution in [-0.4, -0.2) is 33.6 Å². The number of benzene rings is 1. The van der Waals surface area contributed by atoms with Crippen molar-refractivity contribution in [3.63, 3.8) is 0 Å². The van der Waals surface area contributed by atoms with E-state index in [1.54, 1.807) is 11.3 Å². The SMILES string of the molecule is CC(C)CC(C(=O)NCc1ccc(-c2nc3ccccc3s2)o1)N1C(=O)C2CC=CCC2C1=O. The number of carbonyl (C=O) groups is 3. The molecule has 5 rings (SSSR count). The summed E-state index contributed by atoms with van der Waals surface area (Å²) in [6.45, 7) is 4.14. The average Bonchev–Trinajstić information content (AvgIpc) is 3.53. The molecular weight excluding hydrogens is 450 g/mol. The highest BCUT2D eigenvalue weighted by Gasteiger charge is 2.51. The summed E-state index contributed by atoms with van der Waals surface area (Å²) in [5, 5.41) is 3.66. The monoisotopic (exact) mass is 477 g/mol. The van der Waals surface area contributed by atoms with Gasteiger partial charge in [-0.25, -0.2) is 4.98 Å². The fourth-order valence-corrected chi connectivity index (χ4v) is 5.69.